The highest BCUT2D eigenvalue weighted by Crippen LogP contribution is 2.23. The molecule has 0 bridgehead atoms. The second-order valence-electron chi connectivity index (χ2n) is 6.87. The lowest BCUT2D eigenvalue weighted by Crippen LogP contribution is -2.47. The smallest absolute Gasteiger partial charge is 0.417 e. The minimum atomic E-state index is -0.623. The molecule has 26 heavy (non-hydrogen) atoms. The van der Waals surface area contributed by atoms with Crippen LogP contribution in [0.2, 0.25) is 0 Å². The lowest BCUT2D eigenvalue weighted by Gasteiger charge is -2.34. The SMILES string of the molecule is C#CC(C)(C)NC(=O)C1CCN(C2=CC=CN(C(=O)OCC)C=C2)CC1. The van der Waals surface area contributed by atoms with Crippen molar-refractivity contribution in [2.45, 2.75) is 39.2 Å². The quantitative estimate of drug-likeness (QED) is 0.786. The van der Waals surface area contributed by atoms with E-state index in [1.807, 2.05) is 32.1 Å². The topological polar surface area (TPSA) is 61.9 Å². The summed E-state index contributed by atoms with van der Waals surface area (Å²) in [6, 6.07) is 0. The Kier molecular flexibility index (Phi) is 6.51. The molecule has 0 unspecified atom stereocenters. The van der Waals surface area contributed by atoms with Gasteiger partial charge in [0.25, 0.3) is 0 Å². The Morgan fingerprint density at radius 3 is 2.65 bits per heavy atom. The Labute approximate surface area is 155 Å². The molecule has 0 aromatic heterocycles. The fourth-order valence-corrected chi connectivity index (χ4v) is 2.87. The molecule has 0 aromatic rings. The van der Waals surface area contributed by atoms with Crippen molar-refractivity contribution in [1.29, 1.82) is 0 Å². The Balaban J connectivity index is 1.90. The van der Waals surface area contributed by atoms with Crippen molar-refractivity contribution in [3.63, 3.8) is 0 Å². The fraction of sp³-hybridized carbons (Fsp3) is 0.500. The van der Waals surface area contributed by atoms with Crippen molar-refractivity contribution in [2.75, 3.05) is 19.7 Å². The number of piperidine rings is 1. The van der Waals surface area contributed by atoms with E-state index < -0.39 is 11.6 Å². The van der Waals surface area contributed by atoms with Gasteiger partial charge in [-0.15, -0.1) is 6.42 Å². The van der Waals surface area contributed by atoms with Crippen LogP contribution >= 0.6 is 0 Å². The largest absolute Gasteiger partial charge is 0.449 e. The van der Waals surface area contributed by atoms with Crippen molar-refractivity contribution in [1.82, 2.24) is 15.1 Å². The van der Waals surface area contributed by atoms with Gasteiger partial charge in [0, 0.05) is 37.1 Å². The summed E-state index contributed by atoms with van der Waals surface area (Å²) < 4.78 is 5.00. The zero-order valence-electron chi connectivity index (χ0n) is 15.7. The van der Waals surface area contributed by atoms with E-state index in [1.165, 1.54) is 4.90 Å². The van der Waals surface area contributed by atoms with Crippen molar-refractivity contribution in [3.05, 3.63) is 36.3 Å². The molecule has 2 heterocycles. The molecule has 1 fully saturated rings. The Morgan fingerprint density at radius 1 is 1.35 bits per heavy atom. The number of rotatable bonds is 4. The molecule has 2 amide bonds. The molecule has 1 N–H and O–H groups in total. The molecule has 1 saturated heterocycles. The minimum Gasteiger partial charge on any atom is -0.449 e. The Bertz CT molecular complexity index is 662. The Morgan fingerprint density at radius 2 is 2.04 bits per heavy atom. The average molecular weight is 357 g/mol. The van der Waals surface area contributed by atoms with Crippen LogP contribution < -0.4 is 5.32 Å². The van der Waals surface area contributed by atoms with Crippen LogP contribution in [0.15, 0.2) is 36.3 Å². The van der Waals surface area contributed by atoms with E-state index in [2.05, 4.69) is 16.1 Å². The van der Waals surface area contributed by atoms with Gasteiger partial charge in [-0.2, -0.15) is 0 Å². The number of carbonyl (C=O) groups excluding carboxylic acids is 2. The molecule has 2 aliphatic rings. The molecule has 6 nitrogen and oxygen atoms in total. The van der Waals surface area contributed by atoms with E-state index in [9.17, 15) is 9.59 Å². The van der Waals surface area contributed by atoms with Crippen LogP contribution in [0.3, 0.4) is 0 Å². The van der Waals surface area contributed by atoms with Gasteiger partial charge in [-0.1, -0.05) is 5.92 Å². The van der Waals surface area contributed by atoms with Crippen molar-refractivity contribution in [2.24, 2.45) is 5.92 Å². The van der Waals surface area contributed by atoms with E-state index in [-0.39, 0.29) is 11.8 Å². The predicted molar refractivity (Wildman–Crippen MR) is 101 cm³/mol. The third-order valence-corrected chi connectivity index (χ3v) is 4.43. The standard InChI is InChI=1S/C20H27N3O3/c1-5-20(3,4)21-18(24)16-9-13-22(14-10-16)17-8-7-12-23(15-11-17)19(25)26-6-2/h1,7-8,11-12,15-16H,6,9-10,13-14H2,2-4H3,(H,21,24). The van der Waals surface area contributed by atoms with Gasteiger partial charge in [0.1, 0.15) is 0 Å². The number of allylic oxidation sites excluding steroid dienone is 3. The minimum absolute atomic E-state index is 0.0198. The summed E-state index contributed by atoms with van der Waals surface area (Å²) in [5.74, 6) is 2.58. The number of hydrogen-bond acceptors (Lipinski definition) is 4. The summed E-state index contributed by atoms with van der Waals surface area (Å²) in [5.41, 5.74) is 0.387. The van der Waals surface area contributed by atoms with Crippen molar-refractivity contribution >= 4 is 12.0 Å². The predicted octanol–water partition coefficient (Wildman–Crippen LogP) is 2.61. The third kappa shape index (κ3) is 5.16. The zero-order chi connectivity index (χ0) is 19.2. The maximum absolute atomic E-state index is 12.4. The summed E-state index contributed by atoms with van der Waals surface area (Å²) >= 11 is 0. The first-order chi connectivity index (χ1) is 12.4. The van der Waals surface area contributed by atoms with Gasteiger partial charge in [0.15, 0.2) is 0 Å². The maximum Gasteiger partial charge on any atom is 0.417 e. The number of nitrogens with one attached hydrogen (secondary N) is 1. The van der Waals surface area contributed by atoms with Crippen LogP contribution in [-0.4, -0.2) is 47.0 Å². The summed E-state index contributed by atoms with van der Waals surface area (Å²) in [5, 5.41) is 2.92. The number of carbonyl (C=O) groups is 2. The van der Waals surface area contributed by atoms with E-state index >= 15 is 0 Å². The molecule has 0 aromatic carbocycles. The number of ether oxygens (including phenoxy) is 1. The van der Waals surface area contributed by atoms with Gasteiger partial charge in [0.2, 0.25) is 5.91 Å². The van der Waals surface area contributed by atoms with Crippen LogP contribution in [0.25, 0.3) is 0 Å². The number of likely N-dealkylation sites (tertiary alicyclic amines) is 1. The third-order valence-electron chi connectivity index (χ3n) is 4.43. The van der Waals surface area contributed by atoms with Gasteiger partial charge in [0.05, 0.1) is 12.1 Å². The van der Waals surface area contributed by atoms with Crippen LogP contribution in [-0.2, 0) is 9.53 Å². The molecule has 0 atom stereocenters. The Hall–Kier alpha value is -2.68. The molecular formula is C20H27N3O3. The molecule has 2 rings (SSSR count). The first-order valence-corrected chi connectivity index (χ1v) is 8.93. The highest BCUT2D eigenvalue weighted by molar-refractivity contribution is 5.80. The van der Waals surface area contributed by atoms with Crippen LogP contribution in [0.1, 0.15) is 33.6 Å². The van der Waals surface area contributed by atoms with Crippen molar-refractivity contribution in [3.8, 4) is 12.3 Å². The molecule has 0 radical (unpaired) electrons. The average Bonchev–Trinajstić information content (AvgIpc) is 2.88. The number of hydrogen-bond donors (Lipinski definition) is 1. The van der Waals surface area contributed by atoms with Crippen LogP contribution in [0.4, 0.5) is 4.79 Å². The molecule has 140 valence electrons. The summed E-state index contributed by atoms with van der Waals surface area (Å²) in [7, 11) is 0. The number of nitrogens with zero attached hydrogens (tertiary/aromatic N) is 2. The zero-order valence-corrected chi connectivity index (χ0v) is 15.7. The summed E-state index contributed by atoms with van der Waals surface area (Å²) in [6.45, 7) is 7.31. The van der Waals surface area contributed by atoms with E-state index in [0.717, 1.165) is 31.6 Å². The van der Waals surface area contributed by atoms with E-state index in [0.29, 0.717) is 6.61 Å². The molecule has 0 saturated carbocycles. The molecule has 6 heteroatoms. The first kappa shape index (κ1) is 19.6. The van der Waals surface area contributed by atoms with Gasteiger partial charge in [-0.3, -0.25) is 9.69 Å². The van der Waals surface area contributed by atoms with Gasteiger partial charge in [-0.05, 0) is 51.8 Å². The van der Waals surface area contributed by atoms with E-state index in [4.69, 9.17) is 11.2 Å². The summed E-state index contributed by atoms with van der Waals surface area (Å²) in [4.78, 5) is 27.8. The first-order valence-electron chi connectivity index (χ1n) is 8.93. The lowest BCUT2D eigenvalue weighted by molar-refractivity contribution is -0.127. The van der Waals surface area contributed by atoms with Gasteiger partial charge >= 0.3 is 6.09 Å². The van der Waals surface area contributed by atoms with Crippen LogP contribution in [0, 0.1) is 18.3 Å². The number of amides is 2. The monoisotopic (exact) mass is 357 g/mol. The second kappa shape index (κ2) is 8.61. The maximum atomic E-state index is 12.4. The fourth-order valence-electron chi connectivity index (χ4n) is 2.87. The van der Waals surface area contributed by atoms with E-state index in [1.54, 1.807) is 19.3 Å². The van der Waals surface area contributed by atoms with Crippen LogP contribution in [0.5, 0.6) is 0 Å². The lowest BCUT2D eigenvalue weighted by atomic mass is 9.94. The normalized spacial score (nSPS) is 18.0. The summed E-state index contributed by atoms with van der Waals surface area (Å²) in [6.07, 6.45) is 15.6. The van der Waals surface area contributed by atoms with Gasteiger partial charge < -0.3 is 15.0 Å². The van der Waals surface area contributed by atoms with Gasteiger partial charge in [-0.25, -0.2) is 4.79 Å². The highest BCUT2D eigenvalue weighted by Gasteiger charge is 2.28. The highest BCUT2D eigenvalue weighted by atomic mass is 16.5. The molecule has 0 aliphatic carbocycles. The molecule has 0 spiro atoms. The van der Waals surface area contributed by atoms with Crippen molar-refractivity contribution < 1.29 is 14.3 Å². The molecular weight excluding hydrogens is 330 g/mol. The second-order valence-corrected chi connectivity index (χ2v) is 6.87. The molecule has 2 aliphatic heterocycles. The number of terminal acetylenes is 1.